The third-order valence-electron chi connectivity index (χ3n) is 5.67. The van der Waals surface area contributed by atoms with Crippen LogP contribution in [0.1, 0.15) is 21.6 Å². The minimum Gasteiger partial charge on any atom is -0.329 e. The molecule has 0 atom stereocenters. The number of carbonyl (C=O) groups excluding carboxylic acids is 1. The molecule has 0 N–H and O–H groups in total. The smallest absolute Gasteiger partial charge is 0.210 e. The van der Waals surface area contributed by atoms with Crippen molar-refractivity contribution in [2.75, 3.05) is 11.9 Å². The molecule has 5 rings (SSSR count). The Balaban J connectivity index is 1.72. The van der Waals surface area contributed by atoms with Gasteiger partial charge < -0.3 is 9.47 Å². The maximum absolute atomic E-state index is 13.7. The zero-order valence-electron chi connectivity index (χ0n) is 17.4. The first kappa shape index (κ1) is 19.5. The highest BCUT2D eigenvalue weighted by atomic mass is 32.2. The molecule has 0 saturated heterocycles. The molecule has 0 bridgehead atoms. The largest absolute Gasteiger partial charge is 0.329 e. The minimum atomic E-state index is 0.0339. The van der Waals surface area contributed by atoms with Crippen molar-refractivity contribution in [1.29, 1.82) is 0 Å². The van der Waals surface area contributed by atoms with Gasteiger partial charge in [-0.15, -0.1) is 0 Å². The van der Waals surface area contributed by atoms with Crippen molar-refractivity contribution in [3.8, 4) is 11.1 Å². The van der Waals surface area contributed by atoms with Crippen LogP contribution in [0.25, 0.3) is 16.8 Å². The van der Waals surface area contributed by atoms with Gasteiger partial charge in [0.1, 0.15) is 5.82 Å². The van der Waals surface area contributed by atoms with Gasteiger partial charge in [-0.2, -0.15) is 0 Å². The van der Waals surface area contributed by atoms with Crippen LogP contribution in [-0.2, 0) is 7.05 Å². The number of nitrogens with zero attached hydrogens (tertiary/aromatic N) is 2. The second-order valence-electron chi connectivity index (χ2n) is 7.54. The highest BCUT2D eigenvalue weighted by molar-refractivity contribution is 8.02. The second kappa shape index (κ2) is 7.97. The normalized spacial score (nSPS) is 13.0. The lowest BCUT2D eigenvalue weighted by Crippen LogP contribution is -2.21. The molecule has 0 aliphatic carbocycles. The van der Waals surface area contributed by atoms with Gasteiger partial charge in [-0.1, -0.05) is 103 Å². The predicted octanol–water partition coefficient (Wildman–Crippen LogP) is 6.46. The SMILES string of the molecule is CN1C(c2ccccc2)=CSc2c(-c3ccccc3)c(C(=O)c3ccccc3)n(C)c21. The summed E-state index contributed by atoms with van der Waals surface area (Å²) in [5.74, 6) is 1.07. The van der Waals surface area contributed by atoms with Crippen molar-refractivity contribution in [3.05, 3.63) is 113 Å². The van der Waals surface area contributed by atoms with E-state index < -0.39 is 0 Å². The number of aromatic nitrogens is 1. The Morgan fingerprint density at radius 2 is 1.29 bits per heavy atom. The summed E-state index contributed by atoms with van der Waals surface area (Å²) < 4.78 is 2.05. The van der Waals surface area contributed by atoms with Crippen molar-refractivity contribution in [1.82, 2.24) is 4.57 Å². The summed E-state index contributed by atoms with van der Waals surface area (Å²) in [5, 5.41) is 2.18. The lowest BCUT2D eigenvalue weighted by molar-refractivity contribution is 0.103. The number of benzene rings is 3. The maximum atomic E-state index is 13.7. The molecule has 3 aromatic carbocycles. The van der Waals surface area contributed by atoms with Crippen molar-refractivity contribution in [2.24, 2.45) is 7.05 Å². The van der Waals surface area contributed by atoms with E-state index in [1.54, 1.807) is 11.8 Å². The molecule has 0 radical (unpaired) electrons. The molecule has 3 nitrogen and oxygen atoms in total. The number of carbonyl (C=O) groups is 1. The number of ketones is 1. The average Bonchev–Trinajstić information content (AvgIpc) is 3.13. The number of anilines is 1. The van der Waals surface area contributed by atoms with Crippen LogP contribution in [0.4, 0.5) is 5.82 Å². The van der Waals surface area contributed by atoms with Crippen LogP contribution in [-0.4, -0.2) is 17.4 Å². The van der Waals surface area contributed by atoms with Gasteiger partial charge in [0.05, 0.1) is 16.3 Å². The molecule has 31 heavy (non-hydrogen) atoms. The molecular formula is C27H22N2OS. The second-order valence-corrected chi connectivity index (χ2v) is 8.42. The summed E-state index contributed by atoms with van der Waals surface area (Å²) >= 11 is 1.69. The summed E-state index contributed by atoms with van der Waals surface area (Å²) in [4.78, 5) is 17.0. The highest BCUT2D eigenvalue weighted by Gasteiger charge is 2.32. The summed E-state index contributed by atoms with van der Waals surface area (Å²) in [5.41, 5.74) is 5.73. The van der Waals surface area contributed by atoms with E-state index in [2.05, 4.69) is 58.3 Å². The molecule has 1 aliphatic heterocycles. The Bertz CT molecular complexity index is 1280. The van der Waals surface area contributed by atoms with Crippen LogP contribution < -0.4 is 4.90 Å². The molecule has 152 valence electrons. The van der Waals surface area contributed by atoms with Gasteiger partial charge in [0.25, 0.3) is 0 Å². The maximum Gasteiger partial charge on any atom is 0.210 e. The van der Waals surface area contributed by atoms with Gasteiger partial charge in [0, 0.05) is 30.6 Å². The molecular weight excluding hydrogens is 400 g/mol. The Morgan fingerprint density at radius 3 is 1.90 bits per heavy atom. The molecule has 1 aliphatic rings. The summed E-state index contributed by atoms with van der Waals surface area (Å²) in [6.07, 6.45) is 0. The summed E-state index contributed by atoms with van der Waals surface area (Å²) in [6, 6.07) is 30.1. The van der Waals surface area contributed by atoms with Gasteiger partial charge >= 0.3 is 0 Å². The Labute approximate surface area is 186 Å². The fourth-order valence-electron chi connectivity index (χ4n) is 4.18. The van der Waals surface area contributed by atoms with Crippen molar-refractivity contribution < 1.29 is 4.79 Å². The number of rotatable bonds is 4. The molecule has 1 aromatic heterocycles. The highest BCUT2D eigenvalue weighted by Crippen LogP contribution is 2.49. The van der Waals surface area contributed by atoms with E-state index in [9.17, 15) is 4.79 Å². The lowest BCUT2D eigenvalue weighted by Gasteiger charge is -2.28. The van der Waals surface area contributed by atoms with Gasteiger partial charge in [-0.3, -0.25) is 4.79 Å². The predicted molar refractivity (Wildman–Crippen MR) is 129 cm³/mol. The zero-order chi connectivity index (χ0) is 21.4. The standard InChI is InChI=1S/C27H22N2OS/c1-28-22(19-12-6-3-7-13-19)18-31-26-23(20-14-8-4-9-15-20)24(29(2)27(26)28)25(30)21-16-10-5-11-17-21/h3-18H,1-2H3. The van der Waals surface area contributed by atoms with Crippen LogP contribution in [0.3, 0.4) is 0 Å². The van der Waals surface area contributed by atoms with Crippen molar-refractivity contribution >= 4 is 29.1 Å². The number of hydrogen-bond acceptors (Lipinski definition) is 3. The minimum absolute atomic E-state index is 0.0339. The Hall–Kier alpha value is -3.50. The molecule has 0 amide bonds. The summed E-state index contributed by atoms with van der Waals surface area (Å²) in [7, 11) is 4.06. The van der Waals surface area contributed by atoms with E-state index >= 15 is 0 Å². The molecule has 4 heteroatoms. The van der Waals surface area contributed by atoms with Gasteiger partial charge in [-0.25, -0.2) is 0 Å². The van der Waals surface area contributed by atoms with Gasteiger partial charge in [0.2, 0.25) is 5.78 Å². The quantitative estimate of drug-likeness (QED) is 0.353. The van der Waals surface area contributed by atoms with Crippen LogP contribution in [0.15, 0.2) is 101 Å². The van der Waals surface area contributed by atoms with Crippen LogP contribution in [0.5, 0.6) is 0 Å². The fraction of sp³-hybridized carbons (Fsp3) is 0.0741. The van der Waals surface area contributed by atoms with E-state index in [0.717, 1.165) is 33.1 Å². The molecule has 0 fully saturated rings. The van der Waals surface area contributed by atoms with E-state index in [1.165, 1.54) is 0 Å². The Morgan fingerprint density at radius 1 is 0.742 bits per heavy atom. The topological polar surface area (TPSA) is 25.2 Å². The van der Waals surface area contributed by atoms with Crippen LogP contribution in [0.2, 0.25) is 0 Å². The fourth-order valence-corrected chi connectivity index (χ4v) is 5.41. The third kappa shape index (κ3) is 3.29. The molecule has 2 heterocycles. The Kier molecular flexibility index (Phi) is 5.00. The molecule has 0 unspecified atom stereocenters. The van der Waals surface area contributed by atoms with E-state index in [-0.39, 0.29) is 5.78 Å². The monoisotopic (exact) mass is 422 g/mol. The number of fused-ring (bicyclic) bond motifs is 1. The first-order valence-corrected chi connectivity index (χ1v) is 11.1. The molecule has 0 saturated carbocycles. The molecule has 0 spiro atoms. The summed E-state index contributed by atoms with van der Waals surface area (Å²) in [6.45, 7) is 0. The first-order valence-electron chi connectivity index (χ1n) is 10.2. The average molecular weight is 423 g/mol. The van der Waals surface area contributed by atoms with Crippen molar-refractivity contribution in [3.63, 3.8) is 0 Å². The number of thioether (sulfide) groups is 1. The van der Waals surface area contributed by atoms with Gasteiger partial charge in [0.15, 0.2) is 0 Å². The van der Waals surface area contributed by atoms with Gasteiger partial charge in [-0.05, 0) is 11.1 Å². The third-order valence-corrected chi connectivity index (χ3v) is 6.63. The lowest BCUT2D eigenvalue weighted by atomic mass is 10.00. The van der Waals surface area contributed by atoms with E-state index in [4.69, 9.17) is 0 Å². The zero-order valence-corrected chi connectivity index (χ0v) is 18.3. The van der Waals surface area contributed by atoms with Crippen LogP contribution in [0, 0.1) is 0 Å². The van der Waals surface area contributed by atoms with Crippen LogP contribution >= 0.6 is 11.8 Å². The molecule has 4 aromatic rings. The van der Waals surface area contributed by atoms with E-state index in [0.29, 0.717) is 11.3 Å². The number of hydrogen-bond donors (Lipinski definition) is 0. The first-order chi connectivity index (χ1) is 15.2. The van der Waals surface area contributed by atoms with E-state index in [1.807, 2.05) is 61.6 Å². The van der Waals surface area contributed by atoms with Crippen molar-refractivity contribution in [2.45, 2.75) is 4.90 Å².